The van der Waals surface area contributed by atoms with Gasteiger partial charge in [0, 0.05) is 96.4 Å². The van der Waals surface area contributed by atoms with E-state index in [4.69, 9.17) is 9.97 Å². The molecule has 11 nitrogen and oxygen atoms in total. The third kappa shape index (κ3) is 6.32. The third-order valence-electron chi connectivity index (χ3n) is 7.81. The number of anilines is 1. The first-order chi connectivity index (χ1) is 21.1. The molecule has 1 aliphatic rings. The van der Waals surface area contributed by atoms with Crippen molar-refractivity contribution in [2.45, 2.75) is 53.1 Å². The van der Waals surface area contributed by atoms with E-state index in [-0.39, 0.29) is 29.8 Å². The summed E-state index contributed by atoms with van der Waals surface area (Å²) in [7, 11) is 0. The fourth-order valence-corrected chi connectivity index (χ4v) is 5.98. The molecule has 0 bridgehead atoms. The minimum absolute atomic E-state index is 0.0215. The summed E-state index contributed by atoms with van der Waals surface area (Å²) in [5, 5.41) is 8.07. The fraction of sp³-hybridized carbons (Fsp3) is 0.375. The lowest BCUT2D eigenvalue weighted by Gasteiger charge is -2.32. The van der Waals surface area contributed by atoms with Crippen LogP contribution in [0.15, 0.2) is 54.1 Å². The Balaban J connectivity index is 1.50. The van der Waals surface area contributed by atoms with Crippen LogP contribution in [0.1, 0.15) is 65.3 Å². The van der Waals surface area contributed by atoms with E-state index >= 15 is 0 Å². The molecule has 5 heterocycles. The number of piperazine rings is 1. The van der Waals surface area contributed by atoms with Crippen LogP contribution in [0.3, 0.4) is 0 Å². The van der Waals surface area contributed by atoms with Crippen LogP contribution in [-0.2, 0) is 13.0 Å². The SMILES string of the molecule is C=CC(=O)n1c(C)cc(=O)c(CNC(=O)c2cc(-c3ccc(N4CCN(I)CC4)nc3)nc3c2cnn3C(C)C)c1CCC. The first kappa shape index (κ1) is 31.5. The van der Waals surface area contributed by atoms with E-state index in [0.29, 0.717) is 45.7 Å². The van der Waals surface area contributed by atoms with Crippen molar-refractivity contribution in [1.82, 2.24) is 32.7 Å². The number of allylic oxidation sites excluding steroid dienone is 1. The Morgan fingerprint density at radius 3 is 2.52 bits per heavy atom. The number of aromatic nitrogens is 5. The molecule has 0 radical (unpaired) electrons. The molecule has 1 saturated heterocycles. The van der Waals surface area contributed by atoms with Crippen LogP contribution in [0.4, 0.5) is 5.82 Å². The Bertz CT molecular complexity index is 1770. The number of hydrogen-bond acceptors (Lipinski definition) is 8. The van der Waals surface area contributed by atoms with Gasteiger partial charge in [-0.05, 0) is 51.5 Å². The van der Waals surface area contributed by atoms with Crippen LogP contribution in [0, 0.1) is 6.92 Å². The van der Waals surface area contributed by atoms with E-state index in [1.807, 2.05) is 32.9 Å². The first-order valence-corrected chi connectivity index (χ1v) is 15.8. The maximum atomic E-state index is 13.8. The van der Waals surface area contributed by atoms with Crippen LogP contribution < -0.4 is 15.6 Å². The molecule has 5 rings (SSSR count). The van der Waals surface area contributed by atoms with Gasteiger partial charge in [0.2, 0.25) is 0 Å². The topological polar surface area (TPSA) is 118 Å². The van der Waals surface area contributed by atoms with Gasteiger partial charge >= 0.3 is 0 Å². The molecule has 0 spiro atoms. The Kier molecular flexibility index (Phi) is 9.59. The maximum Gasteiger partial charge on any atom is 0.254 e. The second-order valence-electron chi connectivity index (χ2n) is 11.2. The largest absolute Gasteiger partial charge is 0.354 e. The Morgan fingerprint density at radius 1 is 1.14 bits per heavy atom. The normalized spacial score (nSPS) is 13.9. The van der Waals surface area contributed by atoms with Gasteiger partial charge in [0.25, 0.3) is 11.8 Å². The van der Waals surface area contributed by atoms with E-state index in [0.717, 1.165) is 44.0 Å². The summed E-state index contributed by atoms with van der Waals surface area (Å²) in [6, 6.07) is 7.17. The van der Waals surface area contributed by atoms with Gasteiger partial charge in [-0.3, -0.25) is 19.0 Å². The number of nitrogens with one attached hydrogen (secondary N) is 1. The van der Waals surface area contributed by atoms with Gasteiger partial charge in [-0.2, -0.15) is 5.10 Å². The van der Waals surface area contributed by atoms with Gasteiger partial charge in [-0.25, -0.2) is 17.8 Å². The van der Waals surface area contributed by atoms with E-state index in [1.54, 1.807) is 30.1 Å². The number of nitrogens with zero attached hydrogens (tertiary/aromatic N) is 7. The molecule has 1 aliphatic heterocycles. The number of halogens is 1. The molecule has 230 valence electrons. The lowest BCUT2D eigenvalue weighted by Crippen LogP contribution is -2.42. The molecule has 0 unspecified atom stereocenters. The van der Waals surface area contributed by atoms with Gasteiger partial charge in [0.1, 0.15) is 5.82 Å². The molecule has 0 atom stereocenters. The Hall–Kier alpha value is -3.91. The zero-order valence-corrected chi connectivity index (χ0v) is 27.7. The van der Waals surface area contributed by atoms with Gasteiger partial charge in [0.05, 0.1) is 22.8 Å². The van der Waals surface area contributed by atoms with Crippen molar-refractivity contribution < 1.29 is 9.59 Å². The van der Waals surface area contributed by atoms with Crippen molar-refractivity contribution in [2.75, 3.05) is 31.1 Å². The highest BCUT2D eigenvalue weighted by Gasteiger charge is 2.22. The number of pyridine rings is 3. The lowest BCUT2D eigenvalue weighted by molar-refractivity contribution is 0.0951. The van der Waals surface area contributed by atoms with Crippen LogP contribution in [-0.4, -0.2) is 65.4 Å². The average molecular weight is 709 g/mol. The molecule has 1 N–H and O–H groups in total. The van der Waals surface area contributed by atoms with Gasteiger partial charge < -0.3 is 10.2 Å². The predicted molar refractivity (Wildman–Crippen MR) is 180 cm³/mol. The zero-order chi connectivity index (χ0) is 31.5. The number of hydrogen-bond donors (Lipinski definition) is 1. The highest BCUT2D eigenvalue weighted by atomic mass is 127. The molecular weight excluding hydrogens is 671 g/mol. The van der Waals surface area contributed by atoms with E-state index in [2.05, 4.69) is 47.9 Å². The average Bonchev–Trinajstić information content (AvgIpc) is 3.45. The molecular formula is C32H37IN8O3. The van der Waals surface area contributed by atoms with E-state index < -0.39 is 0 Å². The Morgan fingerprint density at radius 2 is 1.89 bits per heavy atom. The molecule has 0 saturated carbocycles. The summed E-state index contributed by atoms with van der Waals surface area (Å²) >= 11 is 2.35. The number of aryl methyl sites for hydroxylation is 1. The lowest BCUT2D eigenvalue weighted by atomic mass is 10.1. The molecule has 4 aromatic rings. The van der Waals surface area contributed by atoms with Crippen molar-refractivity contribution in [2.24, 2.45) is 0 Å². The van der Waals surface area contributed by atoms with Crippen LogP contribution in [0.2, 0.25) is 0 Å². The van der Waals surface area contributed by atoms with Gasteiger partial charge in [0.15, 0.2) is 11.1 Å². The molecule has 1 amide bonds. The predicted octanol–water partition coefficient (Wildman–Crippen LogP) is 4.73. The number of carbonyl (C=O) groups excluding carboxylic acids is 2. The van der Waals surface area contributed by atoms with Crippen LogP contribution in [0.5, 0.6) is 0 Å². The maximum absolute atomic E-state index is 13.8. The number of fused-ring (bicyclic) bond motifs is 1. The van der Waals surface area contributed by atoms with Crippen molar-refractivity contribution in [1.29, 1.82) is 0 Å². The zero-order valence-electron chi connectivity index (χ0n) is 25.5. The first-order valence-electron chi connectivity index (χ1n) is 14.8. The van der Waals surface area contributed by atoms with Gasteiger partial charge in [-0.1, -0.05) is 19.9 Å². The highest BCUT2D eigenvalue weighted by molar-refractivity contribution is 14.1. The summed E-state index contributed by atoms with van der Waals surface area (Å²) < 4.78 is 5.57. The molecule has 44 heavy (non-hydrogen) atoms. The van der Waals surface area contributed by atoms with Crippen molar-refractivity contribution in [3.05, 3.63) is 82.1 Å². The second kappa shape index (κ2) is 13.4. The smallest absolute Gasteiger partial charge is 0.254 e. The summed E-state index contributed by atoms with van der Waals surface area (Å²) in [6.45, 7) is 15.1. The monoisotopic (exact) mass is 708 g/mol. The van der Waals surface area contributed by atoms with Crippen molar-refractivity contribution in [3.63, 3.8) is 0 Å². The minimum atomic E-state index is -0.368. The molecule has 4 aromatic heterocycles. The van der Waals surface area contributed by atoms with Gasteiger partial charge in [-0.15, -0.1) is 0 Å². The fourth-order valence-electron chi connectivity index (χ4n) is 5.55. The second-order valence-corrected chi connectivity index (χ2v) is 12.5. The quantitative estimate of drug-likeness (QED) is 0.151. The third-order valence-corrected chi connectivity index (χ3v) is 8.77. The Labute approximate surface area is 270 Å². The number of rotatable bonds is 9. The molecule has 0 aliphatic carbocycles. The summed E-state index contributed by atoms with van der Waals surface area (Å²) in [5.41, 5.74) is 3.64. The standard InChI is InChI=1S/C32H37IN8O3/c1-6-8-27-25(28(42)15-21(5)40(27)30(43)7-2)18-35-32(44)23-16-26(37-31-24(23)19-36-41(31)20(3)4)22-9-10-29(34-17-22)38-11-13-39(33)14-12-38/h7,9-10,15-17,19-20H,2,6,8,11-14,18H2,1,3-5H3,(H,35,44). The summed E-state index contributed by atoms with van der Waals surface area (Å²) in [6.07, 6.45) is 5.90. The van der Waals surface area contributed by atoms with Crippen molar-refractivity contribution in [3.8, 4) is 11.3 Å². The van der Waals surface area contributed by atoms with E-state index in [1.165, 1.54) is 16.7 Å². The summed E-state index contributed by atoms with van der Waals surface area (Å²) in [5.74, 6) is 0.227. The number of amides is 1. The number of carbonyl (C=O) groups is 2. The summed E-state index contributed by atoms with van der Waals surface area (Å²) in [4.78, 5) is 51.5. The molecule has 1 fully saturated rings. The highest BCUT2D eigenvalue weighted by Crippen LogP contribution is 2.27. The molecule has 0 aromatic carbocycles. The van der Waals surface area contributed by atoms with E-state index in [9.17, 15) is 14.4 Å². The van der Waals surface area contributed by atoms with Crippen LogP contribution in [0.25, 0.3) is 22.3 Å². The minimum Gasteiger partial charge on any atom is -0.354 e. The molecule has 12 heteroatoms. The van der Waals surface area contributed by atoms with Crippen LogP contribution >= 0.6 is 22.9 Å². The van der Waals surface area contributed by atoms with Crippen molar-refractivity contribution >= 4 is 51.5 Å².